The van der Waals surface area contributed by atoms with Crippen LogP contribution in [0.3, 0.4) is 0 Å². The Morgan fingerprint density at radius 2 is 1.82 bits per heavy atom. The SMILES string of the molecule is Cc1ccc(-c2ccc(C3(C#N)CC3)o2)cc1. The number of benzene rings is 1. The predicted molar refractivity (Wildman–Crippen MR) is 65.4 cm³/mol. The zero-order valence-electron chi connectivity index (χ0n) is 9.73. The molecule has 1 aliphatic carbocycles. The van der Waals surface area contributed by atoms with Gasteiger partial charge in [0.15, 0.2) is 0 Å². The summed E-state index contributed by atoms with van der Waals surface area (Å²) < 4.78 is 5.81. The van der Waals surface area contributed by atoms with E-state index in [1.54, 1.807) is 0 Å². The topological polar surface area (TPSA) is 36.9 Å². The highest BCUT2D eigenvalue weighted by atomic mass is 16.3. The molecule has 0 saturated heterocycles. The van der Waals surface area contributed by atoms with Crippen LogP contribution in [-0.2, 0) is 5.41 Å². The van der Waals surface area contributed by atoms with Crippen molar-refractivity contribution in [3.05, 3.63) is 47.7 Å². The summed E-state index contributed by atoms with van der Waals surface area (Å²) in [5.74, 6) is 1.66. The molecule has 0 N–H and O–H groups in total. The van der Waals surface area contributed by atoms with Crippen LogP contribution in [0, 0.1) is 18.3 Å². The maximum absolute atomic E-state index is 9.12. The third-order valence-electron chi connectivity index (χ3n) is 3.38. The normalized spacial score (nSPS) is 16.5. The van der Waals surface area contributed by atoms with Gasteiger partial charge in [0, 0.05) is 5.56 Å². The quantitative estimate of drug-likeness (QED) is 0.776. The predicted octanol–water partition coefficient (Wildman–Crippen LogP) is 3.81. The molecule has 17 heavy (non-hydrogen) atoms. The fourth-order valence-electron chi connectivity index (χ4n) is 2.01. The lowest BCUT2D eigenvalue weighted by molar-refractivity contribution is 0.499. The fraction of sp³-hybridized carbons (Fsp3) is 0.267. The lowest BCUT2D eigenvalue weighted by atomic mass is 10.1. The minimum Gasteiger partial charge on any atom is -0.459 e. The minimum atomic E-state index is -0.330. The van der Waals surface area contributed by atoms with E-state index in [0.29, 0.717) is 0 Å². The smallest absolute Gasteiger partial charge is 0.134 e. The fourth-order valence-corrected chi connectivity index (χ4v) is 2.01. The maximum Gasteiger partial charge on any atom is 0.134 e. The molecule has 1 aliphatic rings. The molecule has 0 bridgehead atoms. The Bertz CT molecular complexity index is 582. The highest BCUT2D eigenvalue weighted by Crippen LogP contribution is 2.48. The van der Waals surface area contributed by atoms with Crippen LogP contribution in [0.5, 0.6) is 0 Å². The van der Waals surface area contributed by atoms with Crippen molar-refractivity contribution in [2.75, 3.05) is 0 Å². The van der Waals surface area contributed by atoms with E-state index in [1.165, 1.54) is 5.56 Å². The van der Waals surface area contributed by atoms with E-state index >= 15 is 0 Å². The van der Waals surface area contributed by atoms with Crippen molar-refractivity contribution < 1.29 is 4.42 Å². The van der Waals surface area contributed by atoms with E-state index in [0.717, 1.165) is 29.9 Å². The summed E-state index contributed by atoms with van der Waals surface area (Å²) in [6.07, 6.45) is 1.84. The van der Waals surface area contributed by atoms with Crippen LogP contribution in [0.2, 0.25) is 0 Å². The molecule has 1 aromatic heterocycles. The van der Waals surface area contributed by atoms with E-state index in [-0.39, 0.29) is 5.41 Å². The van der Waals surface area contributed by atoms with Gasteiger partial charge in [0.25, 0.3) is 0 Å². The zero-order chi connectivity index (χ0) is 11.9. The Labute approximate surface area is 100 Å². The number of nitriles is 1. The molecular formula is C15H13NO. The lowest BCUT2D eigenvalue weighted by Crippen LogP contribution is -1.99. The molecule has 3 rings (SSSR count). The van der Waals surface area contributed by atoms with E-state index in [2.05, 4.69) is 25.1 Å². The molecule has 0 radical (unpaired) electrons. The molecule has 0 amide bonds. The number of hydrogen-bond acceptors (Lipinski definition) is 2. The van der Waals surface area contributed by atoms with Crippen molar-refractivity contribution in [1.82, 2.24) is 0 Å². The van der Waals surface area contributed by atoms with Gasteiger partial charge in [0.05, 0.1) is 6.07 Å². The lowest BCUT2D eigenvalue weighted by Gasteiger charge is -2.01. The molecule has 2 heteroatoms. The first-order valence-electron chi connectivity index (χ1n) is 5.82. The van der Waals surface area contributed by atoms with Crippen molar-refractivity contribution in [1.29, 1.82) is 5.26 Å². The average molecular weight is 223 g/mol. The molecule has 0 unspecified atom stereocenters. The third-order valence-corrected chi connectivity index (χ3v) is 3.38. The van der Waals surface area contributed by atoms with Crippen LogP contribution in [0.25, 0.3) is 11.3 Å². The summed E-state index contributed by atoms with van der Waals surface area (Å²) in [5, 5.41) is 9.12. The Morgan fingerprint density at radius 3 is 2.41 bits per heavy atom. The van der Waals surface area contributed by atoms with Gasteiger partial charge >= 0.3 is 0 Å². The minimum absolute atomic E-state index is 0.330. The first-order valence-corrected chi connectivity index (χ1v) is 5.82. The largest absolute Gasteiger partial charge is 0.459 e. The summed E-state index contributed by atoms with van der Waals surface area (Å²) in [6, 6.07) is 14.5. The van der Waals surface area contributed by atoms with Gasteiger partial charge in [-0.05, 0) is 31.9 Å². The van der Waals surface area contributed by atoms with Crippen molar-refractivity contribution in [3.63, 3.8) is 0 Å². The van der Waals surface area contributed by atoms with Gasteiger partial charge in [-0.2, -0.15) is 5.26 Å². The summed E-state index contributed by atoms with van der Waals surface area (Å²) in [6.45, 7) is 2.06. The number of aryl methyl sites for hydroxylation is 1. The first kappa shape index (κ1) is 10.2. The number of nitrogens with zero attached hydrogens (tertiary/aromatic N) is 1. The first-order chi connectivity index (χ1) is 8.23. The second-order valence-electron chi connectivity index (χ2n) is 4.72. The summed E-state index contributed by atoms with van der Waals surface area (Å²) in [7, 11) is 0. The molecule has 1 heterocycles. The van der Waals surface area contributed by atoms with E-state index in [9.17, 15) is 0 Å². The van der Waals surface area contributed by atoms with Crippen molar-refractivity contribution in [3.8, 4) is 17.4 Å². The van der Waals surface area contributed by atoms with Gasteiger partial charge in [0.1, 0.15) is 16.9 Å². The summed E-state index contributed by atoms with van der Waals surface area (Å²) >= 11 is 0. The number of hydrogen-bond donors (Lipinski definition) is 0. The highest BCUT2D eigenvalue weighted by molar-refractivity contribution is 5.58. The van der Waals surface area contributed by atoms with Crippen LogP contribution >= 0.6 is 0 Å². The summed E-state index contributed by atoms with van der Waals surface area (Å²) in [5.41, 5.74) is 1.97. The molecule has 2 nitrogen and oxygen atoms in total. The van der Waals surface area contributed by atoms with Crippen molar-refractivity contribution >= 4 is 0 Å². The second kappa shape index (κ2) is 3.49. The molecule has 1 saturated carbocycles. The Morgan fingerprint density at radius 1 is 1.12 bits per heavy atom. The molecule has 84 valence electrons. The van der Waals surface area contributed by atoms with Crippen LogP contribution in [0.15, 0.2) is 40.8 Å². The van der Waals surface area contributed by atoms with Gasteiger partial charge in [-0.3, -0.25) is 0 Å². The molecule has 1 aromatic carbocycles. The van der Waals surface area contributed by atoms with Gasteiger partial charge in [-0.15, -0.1) is 0 Å². The zero-order valence-corrected chi connectivity index (χ0v) is 9.73. The monoisotopic (exact) mass is 223 g/mol. The molecule has 0 aliphatic heterocycles. The number of rotatable bonds is 2. The average Bonchev–Trinajstić information content (AvgIpc) is 3.00. The Hall–Kier alpha value is -2.01. The standard InChI is InChI=1S/C15H13NO/c1-11-2-4-12(5-3-11)13-6-7-14(17-13)15(10-16)8-9-15/h2-7H,8-9H2,1H3. The van der Waals surface area contributed by atoms with E-state index in [1.807, 2.05) is 24.3 Å². The van der Waals surface area contributed by atoms with E-state index in [4.69, 9.17) is 9.68 Å². The van der Waals surface area contributed by atoms with E-state index < -0.39 is 0 Å². The van der Waals surface area contributed by atoms with Crippen molar-refractivity contribution in [2.24, 2.45) is 0 Å². The molecule has 0 atom stereocenters. The van der Waals surface area contributed by atoms with Crippen LogP contribution in [0.4, 0.5) is 0 Å². The second-order valence-corrected chi connectivity index (χ2v) is 4.72. The number of furan rings is 1. The molecule has 2 aromatic rings. The Kier molecular flexibility index (Phi) is 2.09. The van der Waals surface area contributed by atoms with Crippen LogP contribution in [-0.4, -0.2) is 0 Å². The van der Waals surface area contributed by atoms with Gasteiger partial charge in [0.2, 0.25) is 0 Å². The van der Waals surface area contributed by atoms with Crippen molar-refractivity contribution in [2.45, 2.75) is 25.2 Å². The summed E-state index contributed by atoms with van der Waals surface area (Å²) in [4.78, 5) is 0. The van der Waals surface area contributed by atoms with Gasteiger partial charge < -0.3 is 4.42 Å². The molecule has 0 spiro atoms. The van der Waals surface area contributed by atoms with Crippen LogP contribution in [0.1, 0.15) is 24.2 Å². The van der Waals surface area contributed by atoms with Crippen LogP contribution < -0.4 is 0 Å². The highest BCUT2D eigenvalue weighted by Gasteiger charge is 2.47. The van der Waals surface area contributed by atoms with Gasteiger partial charge in [-0.25, -0.2) is 0 Å². The Balaban J connectivity index is 1.96. The molecular weight excluding hydrogens is 210 g/mol. The third kappa shape index (κ3) is 1.64. The maximum atomic E-state index is 9.12. The van der Waals surface area contributed by atoms with Gasteiger partial charge in [-0.1, -0.05) is 29.8 Å². The molecule has 1 fully saturated rings.